The number of phenols is 1. The first kappa shape index (κ1) is 18.7. The van der Waals surface area contributed by atoms with Gasteiger partial charge in [-0.1, -0.05) is 29.8 Å². The molecule has 4 aromatic rings. The van der Waals surface area contributed by atoms with Gasteiger partial charge in [-0.15, -0.1) is 0 Å². The maximum Gasteiger partial charge on any atom is 0.166 e. The van der Waals surface area contributed by atoms with Gasteiger partial charge in [0.2, 0.25) is 0 Å². The summed E-state index contributed by atoms with van der Waals surface area (Å²) < 4.78 is 5.12. The number of nitrogens with zero attached hydrogens (tertiary/aromatic N) is 3. The summed E-state index contributed by atoms with van der Waals surface area (Å²) >= 11 is 5.98. The molecule has 2 N–H and O–H groups in total. The highest BCUT2D eigenvalue weighted by Gasteiger charge is 2.09. The average molecular weight is 405 g/mol. The molecule has 1 heterocycles. The summed E-state index contributed by atoms with van der Waals surface area (Å²) in [4.78, 5) is 9.26. The van der Waals surface area contributed by atoms with Gasteiger partial charge in [0.05, 0.1) is 18.8 Å². The molecule has 0 spiro atoms. The molecule has 0 amide bonds. The minimum absolute atomic E-state index is 0.0231. The summed E-state index contributed by atoms with van der Waals surface area (Å²) in [5.74, 6) is 1.52. The number of hydrogen-bond acceptors (Lipinski definition) is 6. The lowest BCUT2D eigenvalue weighted by molar-refractivity contribution is 0.373. The Labute approximate surface area is 172 Å². The van der Waals surface area contributed by atoms with Crippen LogP contribution in [0.2, 0.25) is 5.02 Å². The maximum atomic E-state index is 10.2. The van der Waals surface area contributed by atoms with Gasteiger partial charge in [-0.2, -0.15) is 5.10 Å². The number of aromatic hydroxyl groups is 1. The first-order valence-electron chi connectivity index (χ1n) is 8.83. The van der Waals surface area contributed by atoms with Crippen molar-refractivity contribution in [2.45, 2.75) is 0 Å². The van der Waals surface area contributed by atoms with Crippen LogP contribution in [0.4, 0.5) is 5.82 Å². The fraction of sp³-hybridized carbons (Fsp3) is 0.0455. The van der Waals surface area contributed by atoms with Gasteiger partial charge in [-0.25, -0.2) is 9.97 Å². The lowest BCUT2D eigenvalue weighted by Crippen LogP contribution is -1.99. The highest BCUT2D eigenvalue weighted by Crippen LogP contribution is 2.29. The average Bonchev–Trinajstić information content (AvgIpc) is 2.75. The Bertz CT molecular complexity index is 1190. The van der Waals surface area contributed by atoms with E-state index in [-0.39, 0.29) is 5.75 Å². The van der Waals surface area contributed by atoms with Crippen LogP contribution in [-0.4, -0.2) is 28.4 Å². The van der Waals surface area contributed by atoms with Crippen LogP contribution in [0.3, 0.4) is 0 Å². The fourth-order valence-electron chi connectivity index (χ4n) is 2.86. The van der Waals surface area contributed by atoms with E-state index >= 15 is 0 Å². The molecule has 0 saturated carbocycles. The first-order valence-corrected chi connectivity index (χ1v) is 9.21. The third-order valence-electron chi connectivity index (χ3n) is 4.33. The number of para-hydroxylation sites is 2. The normalized spacial score (nSPS) is 11.1. The van der Waals surface area contributed by atoms with Crippen molar-refractivity contribution < 1.29 is 9.84 Å². The molecule has 0 unspecified atom stereocenters. The number of benzene rings is 3. The van der Waals surface area contributed by atoms with E-state index in [4.69, 9.17) is 16.3 Å². The zero-order valence-electron chi connectivity index (χ0n) is 15.5. The second-order valence-electron chi connectivity index (χ2n) is 6.19. The number of halogens is 1. The summed E-state index contributed by atoms with van der Waals surface area (Å²) in [6.45, 7) is 0. The van der Waals surface area contributed by atoms with E-state index in [1.54, 1.807) is 30.3 Å². The summed E-state index contributed by atoms with van der Waals surface area (Å²) in [5.41, 5.74) is 5.12. The van der Waals surface area contributed by atoms with Crippen LogP contribution in [0.1, 0.15) is 5.56 Å². The quantitative estimate of drug-likeness (QED) is 0.357. The number of hydrogen-bond donors (Lipinski definition) is 2. The molecule has 0 saturated heterocycles. The summed E-state index contributed by atoms with van der Waals surface area (Å²) in [7, 11) is 1.50. The number of nitrogens with one attached hydrogen (secondary N) is 1. The van der Waals surface area contributed by atoms with Gasteiger partial charge in [0.25, 0.3) is 0 Å². The molecule has 4 rings (SSSR count). The molecule has 0 fully saturated rings. The van der Waals surface area contributed by atoms with Crippen molar-refractivity contribution in [1.82, 2.24) is 9.97 Å². The Morgan fingerprint density at radius 3 is 2.59 bits per heavy atom. The number of fused-ring (bicyclic) bond motifs is 1. The molecule has 29 heavy (non-hydrogen) atoms. The second kappa shape index (κ2) is 8.16. The third kappa shape index (κ3) is 3.97. The van der Waals surface area contributed by atoms with Gasteiger partial charge in [-0.05, 0) is 48.5 Å². The van der Waals surface area contributed by atoms with Crippen molar-refractivity contribution in [3.63, 3.8) is 0 Å². The lowest BCUT2D eigenvalue weighted by atomic mass is 10.2. The highest BCUT2D eigenvalue weighted by atomic mass is 35.5. The number of hydrazone groups is 1. The minimum atomic E-state index is 0.0231. The van der Waals surface area contributed by atoms with Crippen LogP contribution < -0.4 is 10.2 Å². The molecular weight excluding hydrogens is 388 g/mol. The lowest BCUT2D eigenvalue weighted by Gasteiger charge is -2.09. The SMILES string of the molecule is COc1cccc(/C=N\Nc2nc(-c3ccc(Cl)cc3)nc3ccccc23)c1O. The smallest absolute Gasteiger partial charge is 0.166 e. The summed E-state index contributed by atoms with van der Waals surface area (Å²) in [6.07, 6.45) is 1.51. The van der Waals surface area contributed by atoms with Crippen molar-refractivity contribution in [3.05, 3.63) is 77.3 Å². The molecule has 1 aromatic heterocycles. The van der Waals surface area contributed by atoms with Gasteiger partial charge < -0.3 is 9.84 Å². The zero-order valence-corrected chi connectivity index (χ0v) is 16.3. The number of anilines is 1. The van der Waals surface area contributed by atoms with E-state index in [9.17, 15) is 5.11 Å². The number of ether oxygens (including phenoxy) is 1. The van der Waals surface area contributed by atoms with Crippen molar-refractivity contribution in [2.24, 2.45) is 5.10 Å². The van der Waals surface area contributed by atoms with E-state index < -0.39 is 0 Å². The fourth-order valence-corrected chi connectivity index (χ4v) is 2.99. The van der Waals surface area contributed by atoms with Crippen molar-refractivity contribution in [1.29, 1.82) is 0 Å². The molecule has 0 atom stereocenters. The zero-order chi connectivity index (χ0) is 20.2. The van der Waals surface area contributed by atoms with Crippen molar-refractivity contribution >= 4 is 34.5 Å². The number of rotatable bonds is 5. The molecule has 0 aliphatic carbocycles. The standard InChI is InChI=1S/C22H17ClN4O2/c1-29-19-8-4-5-15(20(19)28)13-24-27-22-17-6-2-3-7-18(17)25-21(26-22)14-9-11-16(23)12-10-14/h2-13,28H,1H3,(H,25,26,27)/b24-13-. The Morgan fingerprint density at radius 2 is 1.79 bits per heavy atom. The first-order chi connectivity index (χ1) is 14.2. The molecule has 0 radical (unpaired) electrons. The summed E-state index contributed by atoms with van der Waals surface area (Å²) in [5, 5.41) is 15.9. The number of methoxy groups -OCH3 is 1. The largest absolute Gasteiger partial charge is 0.504 e. The van der Waals surface area contributed by atoms with Crippen molar-refractivity contribution in [3.8, 4) is 22.9 Å². The summed E-state index contributed by atoms with van der Waals surface area (Å²) in [6, 6.07) is 20.2. The van der Waals surface area contributed by atoms with Gasteiger partial charge in [0, 0.05) is 21.5 Å². The topological polar surface area (TPSA) is 79.6 Å². The van der Waals surface area contributed by atoms with Crippen molar-refractivity contribution in [2.75, 3.05) is 12.5 Å². The predicted octanol–water partition coefficient (Wildman–Crippen LogP) is 5.11. The van der Waals surface area contributed by atoms with Crippen LogP contribution in [0.15, 0.2) is 71.8 Å². The Morgan fingerprint density at radius 1 is 1.00 bits per heavy atom. The Kier molecular flexibility index (Phi) is 5.27. The molecule has 6 nitrogen and oxygen atoms in total. The van der Waals surface area contributed by atoms with Crippen LogP contribution in [0.25, 0.3) is 22.3 Å². The minimum Gasteiger partial charge on any atom is -0.504 e. The molecule has 144 valence electrons. The molecule has 7 heteroatoms. The maximum absolute atomic E-state index is 10.2. The van der Waals surface area contributed by atoms with Gasteiger partial charge in [0.1, 0.15) is 0 Å². The second-order valence-corrected chi connectivity index (χ2v) is 6.62. The Hall–Kier alpha value is -3.64. The van der Waals surface area contributed by atoms with Gasteiger partial charge in [0.15, 0.2) is 23.1 Å². The predicted molar refractivity (Wildman–Crippen MR) is 116 cm³/mol. The highest BCUT2D eigenvalue weighted by molar-refractivity contribution is 6.30. The molecule has 0 aliphatic heterocycles. The van der Waals surface area contributed by atoms with E-state index in [0.717, 1.165) is 16.5 Å². The molecule has 0 bridgehead atoms. The number of phenolic OH excluding ortho intramolecular Hbond substituents is 1. The molecule has 0 aliphatic rings. The van der Waals surface area contributed by atoms with E-state index in [1.807, 2.05) is 36.4 Å². The monoisotopic (exact) mass is 404 g/mol. The van der Waals surface area contributed by atoms with E-state index in [1.165, 1.54) is 13.3 Å². The molecular formula is C22H17ClN4O2. The Balaban J connectivity index is 1.70. The number of aromatic nitrogens is 2. The van der Waals surface area contributed by atoms with Gasteiger partial charge >= 0.3 is 0 Å². The van der Waals surface area contributed by atoms with E-state index in [2.05, 4.69) is 20.5 Å². The van der Waals surface area contributed by atoms with Crippen LogP contribution in [0, 0.1) is 0 Å². The molecule has 3 aromatic carbocycles. The van der Waals surface area contributed by atoms with Gasteiger partial charge in [-0.3, -0.25) is 5.43 Å². The van der Waals surface area contributed by atoms with E-state index in [0.29, 0.717) is 28.0 Å². The van der Waals surface area contributed by atoms with Crippen LogP contribution >= 0.6 is 11.6 Å². The van der Waals surface area contributed by atoms with Crippen LogP contribution in [0.5, 0.6) is 11.5 Å². The van der Waals surface area contributed by atoms with Crippen LogP contribution in [-0.2, 0) is 0 Å². The third-order valence-corrected chi connectivity index (χ3v) is 4.58.